The zero-order valence-corrected chi connectivity index (χ0v) is 33.7. The van der Waals surface area contributed by atoms with Crippen molar-refractivity contribution in [3.63, 3.8) is 0 Å². The Kier molecular flexibility index (Phi) is 9.57. The number of carbonyl (C=O) groups excluding carboxylic acids is 3. The first-order valence-corrected chi connectivity index (χ1v) is 22.6. The standard InChI is InChI=1S/C43H46BrN3O6Si/c1-27-41(54(3,4)35-16-14-34(52-2)15-17-35)38(23-40(50)46-25-30-8-6-5-7-29(30)21-33(46)26-48)53-43(27)36-22-31(44)11-18-37(36)47(42(43)51)24-28-9-12-32(13-10-28)45-20-19-39(45)49/h5-18,22,27,33,38,41,48H,19-21,23-26H2,1-4H3/t27-,33-,38+,41-,43+/m0/s1. The van der Waals surface area contributed by atoms with E-state index in [0.717, 1.165) is 50.4 Å². The second kappa shape index (κ2) is 14.1. The predicted molar refractivity (Wildman–Crippen MR) is 215 cm³/mol. The number of anilines is 2. The van der Waals surface area contributed by atoms with Gasteiger partial charge in [0, 0.05) is 41.2 Å². The van der Waals surface area contributed by atoms with Crippen LogP contribution >= 0.6 is 15.9 Å². The van der Waals surface area contributed by atoms with Crippen molar-refractivity contribution in [2.24, 2.45) is 5.92 Å². The number of β-lactam (4-membered cyclic amide) rings is 1. The molecule has 4 aromatic rings. The summed E-state index contributed by atoms with van der Waals surface area (Å²) in [7, 11) is -0.842. The third-order valence-corrected chi connectivity index (χ3v) is 17.4. The quantitative estimate of drug-likeness (QED) is 0.158. The molecule has 8 rings (SSSR count). The molecule has 4 aromatic carbocycles. The Morgan fingerprint density at radius 2 is 1.72 bits per heavy atom. The Morgan fingerprint density at radius 3 is 2.37 bits per heavy atom. The lowest BCUT2D eigenvalue weighted by Gasteiger charge is -2.39. The van der Waals surface area contributed by atoms with Crippen molar-refractivity contribution in [3.8, 4) is 5.75 Å². The number of aliphatic hydroxyl groups is 1. The topological polar surface area (TPSA) is 99.6 Å². The molecule has 280 valence electrons. The van der Waals surface area contributed by atoms with Crippen molar-refractivity contribution in [2.75, 3.05) is 30.1 Å². The number of hydrogen-bond acceptors (Lipinski definition) is 6. The lowest BCUT2D eigenvalue weighted by Crippen LogP contribution is -2.52. The van der Waals surface area contributed by atoms with E-state index in [0.29, 0.717) is 25.9 Å². The van der Waals surface area contributed by atoms with Gasteiger partial charge in [0.15, 0.2) is 5.60 Å². The summed E-state index contributed by atoms with van der Waals surface area (Å²) < 4.78 is 13.6. The first kappa shape index (κ1) is 36.7. The van der Waals surface area contributed by atoms with Gasteiger partial charge in [-0.1, -0.05) is 89.7 Å². The van der Waals surface area contributed by atoms with Crippen molar-refractivity contribution in [1.82, 2.24) is 4.90 Å². The monoisotopic (exact) mass is 807 g/mol. The number of halogens is 1. The average molecular weight is 809 g/mol. The maximum absolute atomic E-state index is 15.3. The molecule has 0 saturated carbocycles. The highest BCUT2D eigenvalue weighted by molar-refractivity contribution is 9.10. The summed E-state index contributed by atoms with van der Waals surface area (Å²) in [6.07, 6.45) is 0.687. The van der Waals surface area contributed by atoms with Crippen molar-refractivity contribution in [1.29, 1.82) is 0 Å². The van der Waals surface area contributed by atoms with Crippen molar-refractivity contribution in [2.45, 2.75) is 75.7 Å². The molecule has 5 atom stereocenters. The van der Waals surface area contributed by atoms with E-state index in [4.69, 9.17) is 9.47 Å². The van der Waals surface area contributed by atoms with Gasteiger partial charge in [0.05, 0.1) is 52.6 Å². The van der Waals surface area contributed by atoms with Crippen molar-refractivity contribution in [3.05, 3.63) is 118 Å². The molecule has 54 heavy (non-hydrogen) atoms. The molecule has 9 nitrogen and oxygen atoms in total. The molecule has 1 N–H and O–H groups in total. The molecule has 4 aliphatic heterocycles. The minimum absolute atomic E-state index is 0.0834. The SMILES string of the molecule is COc1ccc([Si](C)(C)[C@@H]2[C@@H](CC(=O)N3Cc4ccccc4C[C@H]3CO)O[C@]3(C(=O)N(Cc4ccc(N5CCC5=O)cc4)c4ccc(Br)cc43)[C@H]2C)cc1. The summed E-state index contributed by atoms with van der Waals surface area (Å²) in [5, 5.41) is 11.7. The number of methoxy groups -OCH3 is 1. The van der Waals surface area contributed by atoms with Gasteiger partial charge in [0.25, 0.3) is 5.91 Å². The molecule has 0 bridgehead atoms. The number of carbonyl (C=O) groups is 3. The Bertz CT molecular complexity index is 2110. The molecule has 0 unspecified atom stereocenters. The predicted octanol–water partition coefficient (Wildman–Crippen LogP) is 6.29. The molecule has 2 fully saturated rings. The Hall–Kier alpha value is -4.29. The van der Waals surface area contributed by atoms with Gasteiger partial charge in [-0.2, -0.15) is 0 Å². The highest BCUT2D eigenvalue weighted by Crippen LogP contribution is 2.60. The number of hydrogen-bond donors (Lipinski definition) is 1. The van der Waals surface area contributed by atoms with Gasteiger partial charge in [-0.05, 0) is 71.1 Å². The van der Waals surface area contributed by atoms with Crippen molar-refractivity contribution < 1.29 is 29.0 Å². The highest BCUT2D eigenvalue weighted by atomic mass is 79.9. The summed E-state index contributed by atoms with van der Waals surface area (Å²) in [6.45, 7) is 8.09. The first-order chi connectivity index (χ1) is 26.0. The largest absolute Gasteiger partial charge is 0.497 e. The lowest BCUT2D eigenvalue weighted by molar-refractivity contribution is -0.151. The van der Waals surface area contributed by atoms with E-state index in [2.05, 4.69) is 54.1 Å². The van der Waals surface area contributed by atoms with E-state index in [1.807, 2.05) is 82.6 Å². The van der Waals surface area contributed by atoms with Crippen LogP contribution in [0.5, 0.6) is 5.75 Å². The molecular formula is C43H46BrN3O6Si. The molecule has 2 saturated heterocycles. The highest BCUT2D eigenvalue weighted by Gasteiger charge is 2.66. The zero-order valence-electron chi connectivity index (χ0n) is 31.1. The van der Waals surface area contributed by atoms with Crippen LogP contribution in [0.15, 0.2) is 95.5 Å². The molecule has 11 heteroatoms. The number of aliphatic hydroxyl groups excluding tert-OH is 1. The van der Waals surface area contributed by atoms with Crippen LogP contribution in [0.2, 0.25) is 18.6 Å². The van der Waals surface area contributed by atoms with Gasteiger partial charge < -0.3 is 29.3 Å². The average Bonchev–Trinajstić information content (AvgIpc) is 3.59. The van der Waals surface area contributed by atoms with Crippen LogP contribution in [0.25, 0.3) is 0 Å². The fourth-order valence-corrected chi connectivity index (χ4v) is 13.9. The van der Waals surface area contributed by atoms with Crippen LogP contribution in [0.1, 0.15) is 42.0 Å². The summed E-state index contributed by atoms with van der Waals surface area (Å²) >= 11 is 3.70. The lowest BCUT2D eigenvalue weighted by atomic mass is 9.82. The van der Waals surface area contributed by atoms with E-state index in [1.165, 1.54) is 5.19 Å². The van der Waals surface area contributed by atoms with Gasteiger partial charge in [0.2, 0.25) is 11.8 Å². The van der Waals surface area contributed by atoms with Crippen LogP contribution in [0.3, 0.4) is 0 Å². The van der Waals surface area contributed by atoms with E-state index in [-0.39, 0.29) is 48.3 Å². The maximum Gasteiger partial charge on any atom is 0.264 e. The number of benzene rings is 4. The Labute approximate surface area is 326 Å². The van der Waals surface area contributed by atoms with Crippen LogP contribution < -0.4 is 19.7 Å². The Morgan fingerprint density at radius 1 is 1.00 bits per heavy atom. The van der Waals surface area contributed by atoms with Crippen LogP contribution in [0.4, 0.5) is 11.4 Å². The number of rotatable bonds is 9. The zero-order chi connectivity index (χ0) is 37.9. The first-order valence-electron chi connectivity index (χ1n) is 18.8. The number of ether oxygens (including phenoxy) is 2. The molecule has 4 heterocycles. The van der Waals surface area contributed by atoms with Gasteiger partial charge in [-0.15, -0.1) is 0 Å². The maximum atomic E-state index is 15.3. The van der Waals surface area contributed by atoms with Crippen LogP contribution in [-0.2, 0) is 44.2 Å². The molecule has 0 radical (unpaired) electrons. The molecule has 0 aliphatic carbocycles. The molecule has 0 aromatic heterocycles. The second-order valence-corrected chi connectivity index (χ2v) is 21.3. The van der Waals surface area contributed by atoms with E-state index < -0.39 is 19.8 Å². The molecule has 4 aliphatic rings. The van der Waals surface area contributed by atoms with E-state index >= 15 is 4.79 Å². The fourth-order valence-electron chi connectivity index (χ4n) is 9.53. The smallest absolute Gasteiger partial charge is 0.264 e. The summed E-state index contributed by atoms with van der Waals surface area (Å²) in [4.78, 5) is 47.3. The van der Waals surface area contributed by atoms with Gasteiger partial charge in [0.1, 0.15) is 5.75 Å². The second-order valence-electron chi connectivity index (χ2n) is 15.7. The molecular weight excluding hydrogens is 762 g/mol. The van der Waals surface area contributed by atoms with Gasteiger partial charge in [-0.3, -0.25) is 14.4 Å². The van der Waals surface area contributed by atoms with Crippen LogP contribution in [0, 0.1) is 5.92 Å². The van der Waals surface area contributed by atoms with Crippen LogP contribution in [-0.4, -0.2) is 68.2 Å². The molecule has 3 amide bonds. The summed E-state index contributed by atoms with van der Waals surface area (Å²) in [5.41, 5.74) is 4.19. The Balaban J connectivity index is 1.17. The minimum Gasteiger partial charge on any atom is -0.497 e. The fraction of sp³-hybridized carbons (Fsp3) is 0.372. The third-order valence-electron chi connectivity index (χ3n) is 12.5. The van der Waals surface area contributed by atoms with Crippen molar-refractivity contribution >= 4 is 58.3 Å². The minimum atomic E-state index is -2.50. The van der Waals surface area contributed by atoms with E-state index in [9.17, 15) is 14.7 Å². The number of fused-ring (bicyclic) bond motifs is 3. The summed E-state index contributed by atoms with van der Waals surface area (Å²) in [6, 6.07) is 29.8. The third kappa shape index (κ3) is 6.00. The van der Waals surface area contributed by atoms with Gasteiger partial charge in [-0.25, -0.2) is 0 Å². The molecule has 1 spiro atoms. The summed E-state index contributed by atoms with van der Waals surface area (Å²) in [5.74, 6) is 0.393. The van der Waals surface area contributed by atoms with E-state index in [1.54, 1.807) is 12.0 Å². The van der Waals surface area contributed by atoms with Gasteiger partial charge >= 0.3 is 0 Å². The number of amides is 3. The normalized spacial score (nSPS) is 24.8. The number of nitrogens with zero attached hydrogens (tertiary/aromatic N) is 3.